The zero-order valence-corrected chi connectivity index (χ0v) is 12.9. The van der Waals surface area contributed by atoms with Gasteiger partial charge in [0, 0.05) is 37.3 Å². The molecule has 1 aliphatic rings. The van der Waals surface area contributed by atoms with Crippen molar-refractivity contribution < 1.29 is 23.0 Å². The van der Waals surface area contributed by atoms with E-state index in [1.54, 1.807) is 6.20 Å². The number of rotatable bonds is 5. The molecule has 5 nitrogen and oxygen atoms in total. The van der Waals surface area contributed by atoms with E-state index in [1.807, 2.05) is 4.90 Å². The topological polar surface area (TPSA) is 61.4 Å². The molecule has 3 rings (SSSR count). The molecule has 0 spiro atoms. The summed E-state index contributed by atoms with van der Waals surface area (Å²) in [5, 5.41) is 17.0. The number of aromatic amines is 1. The Bertz CT molecular complexity index is 687. The van der Waals surface area contributed by atoms with Crippen LogP contribution in [0.25, 0.3) is 0 Å². The molecule has 2 N–H and O–H groups in total. The van der Waals surface area contributed by atoms with Gasteiger partial charge >= 0.3 is 6.18 Å². The van der Waals surface area contributed by atoms with Crippen molar-refractivity contribution in [3.63, 3.8) is 0 Å². The first-order chi connectivity index (χ1) is 11.4. The first-order valence-electron chi connectivity index (χ1n) is 7.64. The molecule has 1 aromatic carbocycles. The van der Waals surface area contributed by atoms with Crippen molar-refractivity contribution in [3.8, 4) is 5.75 Å². The van der Waals surface area contributed by atoms with Crippen LogP contribution in [0.15, 0.2) is 30.5 Å². The summed E-state index contributed by atoms with van der Waals surface area (Å²) in [5.41, 5.74) is 1.34. The third kappa shape index (κ3) is 3.88. The minimum Gasteiger partial charge on any atom is -0.490 e. The smallest absolute Gasteiger partial charge is 0.419 e. The molecule has 0 bridgehead atoms. The van der Waals surface area contributed by atoms with Crippen LogP contribution in [0.4, 0.5) is 13.2 Å². The number of hydrogen-bond donors (Lipinski definition) is 2. The summed E-state index contributed by atoms with van der Waals surface area (Å²) in [4.78, 5) is 2.03. The highest BCUT2D eigenvalue weighted by Crippen LogP contribution is 2.35. The molecule has 1 aliphatic heterocycles. The number of ether oxygens (including phenoxy) is 1. The highest BCUT2D eigenvalue weighted by Gasteiger charge is 2.34. The number of hydrogen-bond acceptors (Lipinski definition) is 4. The zero-order valence-electron chi connectivity index (χ0n) is 12.9. The number of H-pyrrole nitrogens is 1. The zero-order chi connectivity index (χ0) is 17.2. The van der Waals surface area contributed by atoms with E-state index in [0.717, 1.165) is 30.3 Å². The van der Waals surface area contributed by atoms with Gasteiger partial charge in [-0.1, -0.05) is 12.1 Å². The fraction of sp³-hybridized carbons (Fsp3) is 0.438. The Morgan fingerprint density at radius 1 is 1.33 bits per heavy atom. The van der Waals surface area contributed by atoms with E-state index in [-0.39, 0.29) is 12.4 Å². The first-order valence-corrected chi connectivity index (χ1v) is 7.64. The van der Waals surface area contributed by atoms with Crippen molar-refractivity contribution in [1.29, 1.82) is 0 Å². The predicted octanol–water partition coefficient (Wildman–Crippen LogP) is 2.23. The molecule has 8 heteroatoms. The quantitative estimate of drug-likeness (QED) is 0.876. The number of alkyl halides is 3. The Morgan fingerprint density at radius 2 is 2.12 bits per heavy atom. The van der Waals surface area contributed by atoms with Crippen LogP contribution in [0.1, 0.15) is 16.8 Å². The van der Waals surface area contributed by atoms with Crippen molar-refractivity contribution >= 4 is 0 Å². The number of aliphatic hydroxyl groups excluding tert-OH is 1. The molecule has 0 saturated carbocycles. The van der Waals surface area contributed by atoms with Gasteiger partial charge in [0.2, 0.25) is 0 Å². The highest BCUT2D eigenvalue weighted by atomic mass is 19.4. The molecule has 0 aliphatic carbocycles. The lowest BCUT2D eigenvalue weighted by atomic mass is 10.1. The molecule has 0 radical (unpaired) electrons. The van der Waals surface area contributed by atoms with E-state index in [4.69, 9.17) is 4.74 Å². The maximum absolute atomic E-state index is 12.9. The number of aromatic nitrogens is 2. The molecule has 1 unspecified atom stereocenters. The fourth-order valence-electron chi connectivity index (χ4n) is 2.80. The molecule has 2 aromatic rings. The second-order valence-electron chi connectivity index (χ2n) is 5.82. The van der Waals surface area contributed by atoms with E-state index < -0.39 is 17.8 Å². The van der Waals surface area contributed by atoms with Gasteiger partial charge in [0.05, 0.1) is 11.8 Å². The lowest BCUT2D eigenvalue weighted by Gasteiger charge is -2.28. The number of benzene rings is 1. The summed E-state index contributed by atoms with van der Waals surface area (Å²) >= 11 is 0. The number of para-hydroxylation sites is 1. The molecular weight excluding hydrogens is 323 g/mol. The van der Waals surface area contributed by atoms with Gasteiger partial charge in [-0.3, -0.25) is 10.00 Å². The lowest BCUT2D eigenvalue weighted by Crippen LogP contribution is -2.38. The first kappa shape index (κ1) is 16.8. The Hall–Kier alpha value is -2.06. The van der Waals surface area contributed by atoms with Gasteiger partial charge in [0.25, 0.3) is 0 Å². The summed E-state index contributed by atoms with van der Waals surface area (Å²) < 4.78 is 43.9. The predicted molar refractivity (Wildman–Crippen MR) is 80.5 cm³/mol. The Kier molecular flexibility index (Phi) is 4.77. The second-order valence-corrected chi connectivity index (χ2v) is 5.82. The molecular formula is C16H18F3N3O2. The molecule has 130 valence electrons. The number of β-amino-alcohol motifs (C(OH)–C–C–N with tert-alkyl or cyclic N) is 1. The fourth-order valence-corrected chi connectivity index (χ4v) is 2.80. The summed E-state index contributed by atoms with van der Waals surface area (Å²) in [6.45, 7) is 1.55. The van der Waals surface area contributed by atoms with Crippen LogP contribution in [0.5, 0.6) is 5.75 Å². The van der Waals surface area contributed by atoms with Gasteiger partial charge in [0.1, 0.15) is 18.5 Å². The molecule has 24 heavy (non-hydrogen) atoms. The molecule has 0 saturated heterocycles. The Morgan fingerprint density at radius 3 is 2.92 bits per heavy atom. The second kappa shape index (κ2) is 6.82. The number of fused-ring (bicyclic) bond motifs is 1. The summed E-state index contributed by atoms with van der Waals surface area (Å²) in [6, 6.07) is 5.01. The average Bonchev–Trinajstić information content (AvgIpc) is 3.00. The molecule has 1 aromatic heterocycles. The van der Waals surface area contributed by atoms with Crippen molar-refractivity contribution in [3.05, 3.63) is 47.3 Å². The Balaban J connectivity index is 1.54. The molecule has 2 heterocycles. The van der Waals surface area contributed by atoms with Crippen molar-refractivity contribution in [2.45, 2.75) is 25.2 Å². The molecule has 1 atom stereocenters. The minimum absolute atomic E-state index is 0.193. The van der Waals surface area contributed by atoms with E-state index in [9.17, 15) is 18.3 Å². The number of halogens is 3. The number of nitrogens with one attached hydrogen (secondary N) is 1. The van der Waals surface area contributed by atoms with Crippen molar-refractivity contribution in [2.24, 2.45) is 0 Å². The van der Waals surface area contributed by atoms with Gasteiger partial charge in [-0.2, -0.15) is 18.3 Å². The average molecular weight is 341 g/mol. The van der Waals surface area contributed by atoms with Crippen LogP contribution in [0.3, 0.4) is 0 Å². The van der Waals surface area contributed by atoms with E-state index in [0.29, 0.717) is 13.1 Å². The summed E-state index contributed by atoms with van der Waals surface area (Å²) in [6.07, 6.45) is -2.80. The molecule has 0 fully saturated rings. The van der Waals surface area contributed by atoms with Gasteiger partial charge in [0.15, 0.2) is 0 Å². The molecule has 0 amide bonds. The van der Waals surface area contributed by atoms with Gasteiger partial charge in [-0.15, -0.1) is 0 Å². The highest BCUT2D eigenvalue weighted by molar-refractivity contribution is 5.35. The normalized spacial score (nSPS) is 16.7. The van der Waals surface area contributed by atoms with Crippen LogP contribution in [-0.2, 0) is 19.1 Å². The van der Waals surface area contributed by atoms with Gasteiger partial charge < -0.3 is 9.84 Å². The lowest BCUT2D eigenvalue weighted by molar-refractivity contribution is -0.139. The van der Waals surface area contributed by atoms with Crippen LogP contribution >= 0.6 is 0 Å². The standard InChI is InChI=1S/C16H18F3N3O2/c17-16(18,19)13-3-1-2-4-15(13)24-10-12(23)9-22-6-5-14-11(8-22)7-20-21-14/h1-4,7,12,23H,5-6,8-10H2,(H,20,21). The van der Waals surface area contributed by atoms with Crippen LogP contribution in [0.2, 0.25) is 0 Å². The van der Waals surface area contributed by atoms with Gasteiger partial charge in [-0.05, 0) is 12.1 Å². The summed E-state index contributed by atoms with van der Waals surface area (Å²) in [5.74, 6) is -0.264. The largest absolute Gasteiger partial charge is 0.490 e. The van der Waals surface area contributed by atoms with Crippen molar-refractivity contribution in [2.75, 3.05) is 19.7 Å². The third-order valence-electron chi connectivity index (χ3n) is 3.97. The van der Waals surface area contributed by atoms with E-state index >= 15 is 0 Å². The monoisotopic (exact) mass is 341 g/mol. The van der Waals surface area contributed by atoms with E-state index in [1.165, 1.54) is 18.2 Å². The minimum atomic E-state index is -4.48. The van der Waals surface area contributed by atoms with Crippen molar-refractivity contribution in [1.82, 2.24) is 15.1 Å². The SMILES string of the molecule is OC(COc1ccccc1C(F)(F)F)CN1CCc2[nH]ncc2C1. The number of aliphatic hydroxyl groups is 1. The van der Waals surface area contributed by atoms with Crippen LogP contribution < -0.4 is 4.74 Å². The van der Waals surface area contributed by atoms with Crippen LogP contribution in [0, 0.1) is 0 Å². The summed E-state index contributed by atoms with van der Waals surface area (Å²) in [7, 11) is 0. The van der Waals surface area contributed by atoms with Crippen LogP contribution in [-0.4, -0.2) is 46.0 Å². The number of nitrogens with zero attached hydrogens (tertiary/aromatic N) is 2. The van der Waals surface area contributed by atoms with Gasteiger partial charge in [-0.25, -0.2) is 0 Å². The Labute approximate surface area is 137 Å². The maximum Gasteiger partial charge on any atom is 0.419 e. The third-order valence-corrected chi connectivity index (χ3v) is 3.97. The van der Waals surface area contributed by atoms with E-state index in [2.05, 4.69) is 10.2 Å². The maximum atomic E-state index is 12.9.